The first-order valence-corrected chi connectivity index (χ1v) is 9.60. The molecule has 27 heavy (non-hydrogen) atoms. The SMILES string of the molecule is Cc1c(O)c(=O)ccn1CCCCNC(=O)Cc1ccc(CC(C)C)cc1. The summed E-state index contributed by atoms with van der Waals surface area (Å²) in [5, 5.41) is 12.6. The molecule has 2 aromatic rings. The summed E-state index contributed by atoms with van der Waals surface area (Å²) in [7, 11) is 0. The van der Waals surface area contributed by atoms with Crippen LogP contribution in [-0.2, 0) is 24.2 Å². The smallest absolute Gasteiger partial charge is 0.224 e. The Morgan fingerprint density at radius 3 is 2.44 bits per heavy atom. The van der Waals surface area contributed by atoms with Gasteiger partial charge in [0.2, 0.25) is 11.3 Å². The van der Waals surface area contributed by atoms with Gasteiger partial charge in [-0.05, 0) is 43.2 Å². The average Bonchev–Trinajstić information content (AvgIpc) is 2.62. The van der Waals surface area contributed by atoms with Crippen LogP contribution in [-0.4, -0.2) is 22.1 Å². The van der Waals surface area contributed by atoms with Crippen LogP contribution in [0.2, 0.25) is 0 Å². The third-order valence-electron chi connectivity index (χ3n) is 4.59. The molecule has 0 spiro atoms. The normalized spacial score (nSPS) is 11.0. The Bertz CT molecular complexity index is 807. The number of benzene rings is 1. The van der Waals surface area contributed by atoms with E-state index in [0.29, 0.717) is 31.1 Å². The first-order valence-electron chi connectivity index (χ1n) is 9.60. The molecule has 1 aromatic heterocycles. The van der Waals surface area contributed by atoms with Crippen LogP contribution < -0.4 is 10.7 Å². The summed E-state index contributed by atoms with van der Waals surface area (Å²) in [6.45, 7) is 7.44. The predicted molar refractivity (Wildman–Crippen MR) is 108 cm³/mol. The number of rotatable bonds is 9. The minimum Gasteiger partial charge on any atom is -0.503 e. The van der Waals surface area contributed by atoms with Crippen LogP contribution in [0.25, 0.3) is 0 Å². The summed E-state index contributed by atoms with van der Waals surface area (Å²) in [4.78, 5) is 23.4. The van der Waals surface area contributed by atoms with E-state index in [1.807, 2.05) is 16.7 Å². The van der Waals surface area contributed by atoms with Gasteiger partial charge in [-0.2, -0.15) is 0 Å². The zero-order valence-corrected chi connectivity index (χ0v) is 16.5. The number of aromatic nitrogens is 1. The number of carbonyl (C=O) groups excluding carboxylic acids is 1. The number of aryl methyl sites for hydroxylation is 1. The summed E-state index contributed by atoms with van der Waals surface area (Å²) < 4.78 is 1.86. The number of aromatic hydroxyl groups is 1. The predicted octanol–water partition coefficient (Wildman–Crippen LogP) is 3.20. The fourth-order valence-electron chi connectivity index (χ4n) is 3.05. The molecule has 1 heterocycles. The van der Waals surface area contributed by atoms with Gasteiger partial charge in [-0.25, -0.2) is 0 Å². The number of carbonyl (C=O) groups is 1. The largest absolute Gasteiger partial charge is 0.503 e. The van der Waals surface area contributed by atoms with E-state index < -0.39 is 0 Å². The maximum Gasteiger partial charge on any atom is 0.224 e. The van der Waals surface area contributed by atoms with Gasteiger partial charge in [-0.1, -0.05) is 38.1 Å². The van der Waals surface area contributed by atoms with Crippen molar-refractivity contribution in [1.29, 1.82) is 0 Å². The lowest BCUT2D eigenvalue weighted by atomic mass is 10.0. The number of pyridine rings is 1. The maximum absolute atomic E-state index is 12.1. The highest BCUT2D eigenvalue weighted by Gasteiger charge is 2.06. The molecule has 0 saturated heterocycles. The maximum atomic E-state index is 12.1. The highest BCUT2D eigenvalue weighted by molar-refractivity contribution is 5.78. The number of nitrogens with one attached hydrogen (secondary N) is 1. The Labute approximate surface area is 161 Å². The fraction of sp³-hybridized carbons (Fsp3) is 0.455. The van der Waals surface area contributed by atoms with E-state index in [9.17, 15) is 14.7 Å². The number of amides is 1. The Balaban J connectivity index is 1.69. The van der Waals surface area contributed by atoms with Gasteiger partial charge in [0.05, 0.1) is 12.1 Å². The Hall–Kier alpha value is -2.56. The van der Waals surface area contributed by atoms with Gasteiger partial charge in [-0.3, -0.25) is 9.59 Å². The molecule has 2 rings (SSSR count). The zero-order valence-electron chi connectivity index (χ0n) is 16.5. The molecule has 1 amide bonds. The second-order valence-corrected chi connectivity index (χ2v) is 7.46. The van der Waals surface area contributed by atoms with E-state index in [0.717, 1.165) is 24.8 Å². The second kappa shape index (κ2) is 9.95. The summed E-state index contributed by atoms with van der Waals surface area (Å²) in [5.74, 6) is 0.470. The van der Waals surface area contributed by atoms with Gasteiger partial charge in [0.15, 0.2) is 5.75 Å². The molecule has 0 unspecified atom stereocenters. The van der Waals surface area contributed by atoms with Gasteiger partial charge in [0.25, 0.3) is 0 Å². The monoisotopic (exact) mass is 370 g/mol. The number of hydrogen-bond donors (Lipinski definition) is 2. The van der Waals surface area contributed by atoms with Crippen LogP contribution in [0, 0.1) is 12.8 Å². The second-order valence-electron chi connectivity index (χ2n) is 7.46. The summed E-state index contributed by atoms with van der Waals surface area (Å²) in [6, 6.07) is 9.64. The van der Waals surface area contributed by atoms with Crippen molar-refractivity contribution in [3.8, 4) is 5.75 Å². The molecular formula is C22H30N2O3. The molecule has 0 radical (unpaired) electrons. The fourth-order valence-corrected chi connectivity index (χ4v) is 3.05. The quantitative estimate of drug-likeness (QED) is 0.666. The summed E-state index contributed by atoms with van der Waals surface area (Å²) in [6.07, 6.45) is 4.84. The van der Waals surface area contributed by atoms with Gasteiger partial charge >= 0.3 is 0 Å². The topological polar surface area (TPSA) is 71.3 Å². The average molecular weight is 370 g/mol. The van der Waals surface area contributed by atoms with Gasteiger partial charge in [0.1, 0.15) is 0 Å². The van der Waals surface area contributed by atoms with Crippen molar-refractivity contribution in [2.45, 2.75) is 53.0 Å². The Kier molecular flexibility index (Phi) is 7.65. The van der Waals surface area contributed by atoms with Crippen LogP contribution in [0.5, 0.6) is 5.75 Å². The summed E-state index contributed by atoms with van der Waals surface area (Å²) >= 11 is 0. The summed E-state index contributed by atoms with van der Waals surface area (Å²) in [5.41, 5.74) is 2.55. The minimum absolute atomic E-state index is 0.0313. The van der Waals surface area contributed by atoms with Crippen molar-refractivity contribution in [3.63, 3.8) is 0 Å². The molecule has 0 atom stereocenters. The molecule has 0 saturated carbocycles. The zero-order chi connectivity index (χ0) is 19.8. The van der Waals surface area contributed by atoms with E-state index in [1.54, 1.807) is 13.1 Å². The van der Waals surface area contributed by atoms with Gasteiger partial charge in [-0.15, -0.1) is 0 Å². The molecular weight excluding hydrogens is 340 g/mol. The number of nitrogens with zero attached hydrogens (tertiary/aromatic N) is 1. The highest BCUT2D eigenvalue weighted by Crippen LogP contribution is 2.11. The van der Waals surface area contributed by atoms with E-state index in [-0.39, 0.29) is 17.1 Å². The molecule has 0 aliphatic carbocycles. The highest BCUT2D eigenvalue weighted by atomic mass is 16.3. The molecule has 0 bridgehead atoms. The van der Waals surface area contributed by atoms with Gasteiger partial charge in [0, 0.05) is 25.4 Å². The van der Waals surface area contributed by atoms with Crippen LogP contribution in [0.1, 0.15) is 43.5 Å². The first-order chi connectivity index (χ1) is 12.9. The molecule has 0 aliphatic rings. The van der Waals surface area contributed by atoms with E-state index >= 15 is 0 Å². The molecule has 0 fully saturated rings. The lowest BCUT2D eigenvalue weighted by Crippen LogP contribution is -2.26. The van der Waals surface area contributed by atoms with Crippen LogP contribution in [0.3, 0.4) is 0 Å². The van der Waals surface area contributed by atoms with Crippen molar-refractivity contribution in [1.82, 2.24) is 9.88 Å². The molecule has 2 N–H and O–H groups in total. The lowest BCUT2D eigenvalue weighted by molar-refractivity contribution is -0.120. The Morgan fingerprint density at radius 2 is 1.78 bits per heavy atom. The number of hydrogen-bond acceptors (Lipinski definition) is 3. The Morgan fingerprint density at radius 1 is 1.11 bits per heavy atom. The first kappa shape index (κ1) is 20.7. The standard InChI is InChI=1S/C22H30N2O3/c1-16(2)14-18-6-8-19(9-7-18)15-21(26)23-11-4-5-12-24-13-10-20(25)22(27)17(24)3/h6-10,13,16,27H,4-5,11-12,14-15H2,1-3H3,(H,23,26). The molecule has 146 valence electrons. The third kappa shape index (κ3) is 6.59. The third-order valence-corrected chi connectivity index (χ3v) is 4.59. The van der Waals surface area contributed by atoms with Gasteiger partial charge < -0.3 is 15.0 Å². The van der Waals surface area contributed by atoms with Crippen molar-refractivity contribution in [3.05, 3.63) is 63.6 Å². The van der Waals surface area contributed by atoms with Crippen LogP contribution in [0.4, 0.5) is 0 Å². The molecule has 1 aromatic carbocycles. The van der Waals surface area contributed by atoms with Crippen molar-refractivity contribution in [2.75, 3.05) is 6.54 Å². The van der Waals surface area contributed by atoms with Crippen molar-refractivity contribution < 1.29 is 9.90 Å². The van der Waals surface area contributed by atoms with Crippen LogP contribution in [0.15, 0.2) is 41.3 Å². The van der Waals surface area contributed by atoms with E-state index in [4.69, 9.17) is 0 Å². The van der Waals surface area contributed by atoms with E-state index in [2.05, 4.69) is 31.3 Å². The van der Waals surface area contributed by atoms with Crippen LogP contribution >= 0.6 is 0 Å². The molecule has 5 nitrogen and oxygen atoms in total. The molecule has 0 aliphatic heterocycles. The van der Waals surface area contributed by atoms with Crippen molar-refractivity contribution >= 4 is 5.91 Å². The minimum atomic E-state index is -0.353. The number of unbranched alkanes of at least 4 members (excludes halogenated alkanes) is 1. The van der Waals surface area contributed by atoms with E-state index in [1.165, 1.54) is 11.6 Å². The van der Waals surface area contributed by atoms with Crippen molar-refractivity contribution in [2.24, 2.45) is 5.92 Å². The lowest BCUT2D eigenvalue weighted by Gasteiger charge is -2.11. The molecule has 5 heteroatoms.